The van der Waals surface area contributed by atoms with Crippen molar-refractivity contribution in [2.45, 2.75) is 0 Å². The lowest BCUT2D eigenvalue weighted by molar-refractivity contribution is 0.324. The molecule has 0 saturated heterocycles. The van der Waals surface area contributed by atoms with E-state index in [-0.39, 0.29) is 5.01 Å². The van der Waals surface area contributed by atoms with Crippen LogP contribution in [0.5, 0.6) is 0 Å². The minimum atomic E-state index is -1.71. The van der Waals surface area contributed by atoms with Crippen LogP contribution in [-0.2, 0) is 0 Å². The lowest BCUT2D eigenvalue weighted by Gasteiger charge is -1.82. The maximum atomic E-state index is 11.5. The van der Waals surface area contributed by atoms with E-state index in [1.165, 1.54) is 11.6 Å². The van der Waals surface area contributed by atoms with Gasteiger partial charge < -0.3 is 0 Å². The topological polar surface area (TPSA) is 12.9 Å². The fourth-order valence-corrected chi connectivity index (χ4v) is 0.778. The van der Waals surface area contributed by atoms with Gasteiger partial charge in [-0.15, -0.1) is 11.3 Å². The number of hydrogen-bond donors (Lipinski definition) is 0. The molecular formula is C4H2F2NS. The van der Waals surface area contributed by atoms with Crippen molar-refractivity contribution in [2.24, 2.45) is 0 Å². The average molecular weight is 134 g/mol. The monoisotopic (exact) mass is 134 g/mol. The van der Waals surface area contributed by atoms with E-state index in [1.807, 2.05) is 0 Å². The molecule has 1 rings (SSSR count). The standard InChI is InChI=1S/C4H2F2NS/c5-3(6)4-7-1-2-8-4/h1-2H. The van der Waals surface area contributed by atoms with Crippen LogP contribution in [0, 0.1) is 6.43 Å². The number of aromatic nitrogens is 1. The van der Waals surface area contributed by atoms with Gasteiger partial charge in [0.2, 0.25) is 0 Å². The Kier molecular flexibility index (Phi) is 1.53. The molecule has 0 bridgehead atoms. The first-order valence-electron chi connectivity index (χ1n) is 1.88. The molecule has 1 nitrogen and oxygen atoms in total. The molecule has 0 atom stereocenters. The summed E-state index contributed by atoms with van der Waals surface area (Å²) in [6.07, 6.45) is -0.362. The Labute approximate surface area is 49.0 Å². The van der Waals surface area contributed by atoms with E-state index in [0.29, 0.717) is 0 Å². The highest BCUT2D eigenvalue weighted by molar-refractivity contribution is 7.09. The second-order valence-electron chi connectivity index (χ2n) is 1.10. The van der Waals surface area contributed by atoms with Crippen LogP contribution in [0.1, 0.15) is 5.01 Å². The van der Waals surface area contributed by atoms with Gasteiger partial charge in [0.15, 0.2) is 5.01 Å². The van der Waals surface area contributed by atoms with Crippen LogP contribution in [-0.4, -0.2) is 4.98 Å². The Balaban J connectivity index is 2.77. The van der Waals surface area contributed by atoms with Gasteiger partial charge in [-0.3, -0.25) is 0 Å². The van der Waals surface area contributed by atoms with E-state index in [1.54, 1.807) is 0 Å². The summed E-state index contributed by atoms with van der Waals surface area (Å²) in [6.45, 7) is 0. The third kappa shape index (κ3) is 1.01. The van der Waals surface area contributed by atoms with Crippen molar-refractivity contribution < 1.29 is 8.78 Å². The van der Waals surface area contributed by atoms with Gasteiger partial charge >= 0.3 is 6.43 Å². The lowest BCUT2D eigenvalue weighted by Crippen LogP contribution is -1.78. The Morgan fingerprint density at radius 1 is 1.62 bits per heavy atom. The van der Waals surface area contributed by atoms with E-state index in [9.17, 15) is 8.78 Å². The molecule has 1 aromatic heterocycles. The fraction of sp³-hybridized carbons (Fsp3) is 0. The normalized spacial score (nSPS) is 10.4. The van der Waals surface area contributed by atoms with Crippen LogP contribution in [0.25, 0.3) is 0 Å². The Bertz CT molecular complexity index is 149. The van der Waals surface area contributed by atoms with E-state index >= 15 is 0 Å². The molecule has 0 fully saturated rings. The smallest absolute Gasteiger partial charge is 0.243 e. The van der Waals surface area contributed by atoms with E-state index in [4.69, 9.17) is 0 Å². The van der Waals surface area contributed by atoms with Gasteiger partial charge in [-0.05, 0) is 0 Å². The fourth-order valence-electron chi connectivity index (χ4n) is 0.317. The van der Waals surface area contributed by atoms with Crippen LogP contribution >= 0.6 is 11.3 Å². The van der Waals surface area contributed by atoms with E-state index in [2.05, 4.69) is 4.98 Å². The zero-order valence-corrected chi connectivity index (χ0v) is 4.58. The SMILES string of the molecule is F[C](F)c1nccs1. The van der Waals surface area contributed by atoms with E-state index < -0.39 is 6.43 Å². The summed E-state index contributed by atoms with van der Waals surface area (Å²) in [7, 11) is 0. The molecule has 1 radical (unpaired) electrons. The van der Waals surface area contributed by atoms with Crippen molar-refractivity contribution in [3.05, 3.63) is 23.0 Å². The quantitative estimate of drug-likeness (QED) is 0.571. The minimum absolute atomic E-state index is 0.190. The zero-order chi connectivity index (χ0) is 5.98. The molecule has 0 aliphatic carbocycles. The molecule has 4 heteroatoms. The molecule has 0 N–H and O–H groups in total. The summed E-state index contributed by atoms with van der Waals surface area (Å²) in [5.41, 5.74) is 0. The maximum Gasteiger partial charge on any atom is 0.367 e. The van der Waals surface area contributed by atoms with Crippen molar-refractivity contribution in [3.8, 4) is 0 Å². The number of thiazole rings is 1. The van der Waals surface area contributed by atoms with Crippen molar-refractivity contribution >= 4 is 11.3 Å². The molecule has 0 spiro atoms. The van der Waals surface area contributed by atoms with Gasteiger partial charge in [-0.2, -0.15) is 8.78 Å². The highest BCUT2D eigenvalue weighted by Crippen LogP contribution is 2.18. The first-order chi connectivity index (χ1) is 3.80. The van der Waals surface area contributed by atoms with Gasteiger partial charge in [-0.1, -0.05) is 0 Å². The highest BCUT2D eigenvalue weighted by Gasteiger charge is 2.10. The second kappa shape index (κ2) is 2.17. The van der Waals surface area contributed by atoms with Gasteiger partial charge in [-0.25, -0.2) is 4.98 Å². The van der Waals surface area contributed by atoms with Gasteiger partial charge in [0.05, 0.1) is 0 Å². The van der Waals surface area contributed by atoms with Crippen LogP contribution in [0.4, 0.5) is 8.78 Å². The molecule has 1 aromatic rings. The Hall–Kier alpha value is -0.510. The van der Waals surface area contributed by atoms with Crippen molar-refractivity contribution in [3.63, 3.8) is 0 Å². The van der Waals surface area contributed by atoms with Crippen molar-refractivity contribution in [2.75, 3.05) is 0 Å². The predicted molar refractivity (Wildman–Crippen MR) is 26.7 cm³/mol. The molecule has 0 saturated carbocycles. The number of halogens is 2. The lowest BCUT2D eigenvalue weighted by atomic mass is 10.7. The van der Waals surface area contributed by atoms with Gasteiger partial charge in [0.25, 0.3) is 0 Å². The largest absolute Gasteiger partial charge is 0.367 e. The first kappa shape index (κ1) is 5.62. The Morgan fingerprint density at radius 2 is 2.38 bits per heavy atom. The average Bonchev–Trinajstić information content (AvgIpc) is 2.12. The summed E-state index contributed by atoms with van der Waals surface area (Å²) in [5.74, 6) is 0. The summed E-state index contributed by atoms with van der Waals surface area (Å²) >= 11 is 0.933. The first-order valence-corrected chi connectivity index (χ1v) is 2.76. The molecule has 0 amide bonds. The molecule has 8 heavy (non-hydrogen) atoms. The number of hydrogen-bond acceptors (Lipinski definition) is 2. The highest BCUT2D eigenvalue weighted by atomic mass is 32.1. The van der Waals surface area contributed by atoms with Crippen molar-refractivity contribution in [1.29, 1.82) is 0 Å². The Morgan fingerprint density at radius 3 is 2.62 bits per heavy atom. The van der Waals surface area contributed by atoms with Gasteiger partial charge in [0, 0.05) is 11.6 Å². The molecular weight excluding hydrogens is 132 g/mol. The molecule has 0 aromatic carbocycles. The maximum absolute atomic E-state index is 11.5. The van der Waals surface area contributed by atoms with Crippen LogP contribution < -0.4 is 0 Å². The summed E-state index contributed by atoms with van der Waals surface area (Å²) in [4.78, 5) is 3.35. The predicted octanol–water partition coefficient (Wildman–Crippen LogP) is 1.92. The molecule has 0 unspecified atom stereocenters. The third-order valence-corrected chi connectivity index (χ3v) is 1.33. The molecule has 1 heterocycles. The van der Waals surface area contributed by atoms with Crippen LogP contribution in [0.3, 0.4) is 0 Å². The third-order valence-electron chi connectivity index (χ3n) is 0.594. The number of nitrogens with zero attached hydrogens (tertiary/aromatic N) is 1. The summed E-state index contributed by atoms with van der Waals surface area (Å²) in [6, 6.07) is 0. The van der Waals surface area contributed by atoms with Crippen LogP contribution in [0.15, 0.2) is 11.6 Å². The molecule has 43 valence electrons. The van der Waals surface area contributed by atoms with Gasteiger partial charge in [0.1, 0.15) is 0 Å². The summed E-state index contributed by atoms with van der Waals surface area (Å²) < 4.78 is 22.9. The van der Waals surface area contributed by atoms with Crippen molar-refractivity contribution in [1.82, 2.24) is 4.98 Å². The molecule has 0 aliphatic heterocycles. The molecule has 0 aliphatic rings. The zero-order valence-electron chi connectivity index (χ0n) is 3.77. The second-order valence-corrected chi connectivity index (χ2v) is 1.99. The number of rotatable bonds is 1. The summed E-state index contributed by atoms with van der Waals surface area (Å²) in [5, 5.41) is 1.32. The van der Waals surface area contributed by atoms with Crippen LogP contribution in [0.2, 0.25) is 0 Å². The van der Waals surface area contributed by atoms with E-state index in [0.717, 1.165) is 11.3 Å². The minimum Gasteiger partial charge on any atom is -0.243 e.